The topological polar surface area (TPSA) is 67.4 Å². The lowest BCUT2D eigenvalue weighted by Crippen LogP contribution is -2.49. The minimum absolute atomic E-state index is 0.0398. The van der Waals surface area contributed by atoms with E-state index in [0.29, 0.717) is 12.1 Å². The first-order chi connectivity index (χ1) is 14.4. The van der Waals surface area contributed by atoms with Crippen molar-refractivity contribution in [2.24, 2.45) is 5.92 Å². The first kappa shape index (κ1) is 21.4. The second kappa shape index (κ2) is 9.44. The maximum absolute atomic E-state index is 12.8. The number of benzene rings is 3. The number of methoxy groups -OCH3 is 1. The monoisotopic (exact) mass is 404 g/mol. The summed E-state index contributed by atoms with van der Waals surface area (Å²) in [5, 5.41) is 8.01. The third kappa shape index (κ3) is 4.98. The van der Waals surface area contributed by atoms with Crippen LogP contribution in [0.2, 0.25) is 0 Å². The van der Waals surface area contributed by atoms with Crippen LogP contribution >= 0.6 is 0 Å². The van der Waals surface area contributed by atoms with Crippen LogP contribution in [0.1, 0.15) is 35.3 Å². The zero-order valence-corrected chi connectivity index (χ0v) is 17.9. The van der Waals surface area contributed by atoms with Gasteiger partial charge >= 0.3 is 0 Å². The number of carbonyl (C=O) groups is 2. The number of carbonyl (C=O) groups excluding carboxylic acids is 2. The van der Waals surface area contributed by atoms with Gasteiger partial charge in [0.2, 0.25) is 5.91 Å². The summed E-state index contributed by atoms with van der Waals surface area (Å²) in [6, 6.07) is 18.7. The Morgan fingerprint density at radius 3 is 2.37 bits per heavy atom. The van der Waals surface area contributed by atoms with Gasteiger partial charge in [-0.1, -0.05) is 50.2 Å². The molecule has 5 heteroatoms. The Kier molecular flexibility index (Phi) is 6.72. The SMILES string of the molecule is COc1ccc2cc(CNC(=O)[C@H](NC(=O)c3ccccc3C)C(C)C)ccc2c1. The first-order valence-corrected chi connectivity index (χ1v) is 10.1. The van der Waals surface area contributed by atoms with E-state index in [1.54, 1.807) is 13.2 Å². The molecule has 1 atom stereocenters. The summed E-state index contributed by atoms with van der Waals surface area (Å²) in [5.74, 6) is 0.345. The lowest BCUT2D eigenvalue weighted by atomic mass is 10.0. The number of nitrogens with one attached hydrogen (secondary N) is 2. The lowest BCUT2D eigenvalue weighted by Gasteiger charge is -2.22. The van der Waals surface area contributed by atoms with Gasteiger partial charge in [0.05, 0.1) is 7.11 Å². The summed E-state index contributed by atoms with van der Waals surface area (Å²) in [5.41, 5.74) is 2.46. The maximum Gasteiger partial charge on any atom is 0.252 e. The predicted molar refractivity (Wildman–Crippen MR) is 120 cm³/mol. The van der Waals surface area contributed by atoms with Crippen molar-refractivity contribution in [2.45, 2.75) is 33.4 Å². The first-order valence-electron chi connectivity index (χ1n) is 10.1. The van der Waals surface area contributed by atoms with Crippen LogP contribution in [0.15, 0.2) is 60.7 Å². The quantitative estimate of drug-likeness (QED) is 0.619. The summed E-state index contributed by atoms with van der Waals surface area (Å²) in [6.07, 6.45) is 0. The minimum Gasteiger partial charge on any atom is -0.497 e. The summed E-state index contributed by atoms with van der Waals surface area (Å²) in [6.45, 7) is 6.12. The molecule has 0 saturated carbocycles. The van der Waals surface area contributed by atoms with E-state index < -0.39 is 6.04 Å². The fourth-order valence-electron chi connectivity index (χ4n) is 3.39. The largest absolute Gasteiger partial charge is 0.497 e. The Morgan fingerprint density at radius 2 is 1.67 bits per heavy atom. The van der Waals surface area contributed by atoms with Gasteiger partial charge in [-0.25, -0.2) is 0 Å². The highest BCUT2D eigenvalue weighted by atomic mass is 16.5. The normalized spacial score (nSPS) is 11.9. The van der Waals surface area contributed by atoms with Gasteiger partial charge in [-0.3, -0.25) is 9.59 Å². The fourth-order valence-corrected chi connectivity index (χ4v) is 3.39. The van der Waals surface area contributed by atoms with Crippen LogP contribution in [0.4, 0.5) is 0 Å². The number of rotatable bonds is 7. The number of aryl methyl sites for hydroxylation is 1. The van der Waals surface area contributed by atoms with Crippen LogP contribution in [0.25, 0.3) is 10.8 Å². The van der Waals surface area contributed by atoms with Crippen molar-refractivity contribution in [3.05, 3.63) is 77.4 Å². The third-order valence-electron chi connectivity index (χ3n) is 5.20. The molecule has 0 aromatic heterocycles. The van der Waals surface area contributed by atoms with E-state index in [-0.39, 0.29) is 17.7 Å². The number of amides is 2. The van der Waals surface area contributed by atoms with Crippen molar-refractivity contribution < 1.29 is 14.3 Å². The van der Waals surface area contributed by atoms with Crippen molar-refractivity contribution in [1.82, 2.24) is 10.6 Å². The molecule has 30 heavy (non-hydrogen) atoms. The van der Waals surface area contributed by atoms with E-state index in [1.807, 2.05) is 75.4 Å². The summed E-state index contributed by atoms with van der Waals surface area (Å²) in [7, 11) is 1.65. The molecule has 0 radical (unpaired) electrons. The van der Waals surface area contributed by atoms with Gasteiger partial charge in [-0.15, -0.1) is 0 Å². The Bertz CT molecular complexity index is 1060. The van der Waals surface area contributed by atoms with E-state index in [0.717, 1.165) is 27.6 Å². The van der Waals surface area contributed by atoms with E-state index in [1.165, 1.54) is 0 Å². The van der Waals surface area contributed by atoms with Crippen LogP contribution in [0, 0.1) is 12.8 Å². The van der Waals surface area contributed by atoms with Gasteiger partial charge in [-0.2, -0.15) is 0 Å². The van der Waals surface area contributed by atoms with Gasteiger partial charge in [0.1, 0.15) is 11.8 Å². The van der Waals surface area contributed by atoms with Gasteiger partial charge in [-0.05, 0) is 59.0 Å². The lowest BCUT2D eigenvalue weighted by molar-refractivity contribution is -0.124. The predicted octanol–water partition coefficient (Wildman–Crippen LogP) is 4.23. The molecular formula is C25H28N2O3. The van der Waals surface area contributed by atoms with E-state index >= 15 is 0 Å². The maximum atomic E-state index is 12.8. The van der Waals surface area contributed by atoms with Crippen molar-refractivity contribution in [2.75, 3.05) is 7.11 Å². The molecule has 0 unspecified atom stereocenters. The van der Waals surface area contributed by atoms with Crippen LogP contribution in [0.5, 0.6) is 5.75 Å². The van der Waals surface area contributed by atoms with E-state index in [2.05, 4.69) is 10.6 Å². The highest BCUT2D eigenvalue weighted by Gasteiger charge is 2.25. The van der Waals surface area contributed by atoms with Gasteiger partial charge < -0.3 is 15.4 Å². The average molecular weight is 405 g/mol. The van der Waals surface area contributed by atoms with Gasteiger partial charge in [0.25, 0.3) is 5.91 Å². The molecule has 2 amide bonds. The molecule has 5 nitrogen and oxygen atoms in total. The van der Waals surface area contributed by atoms with Crippen LogP contribution in [-0.4, -0.2) is 25.0 Å². The van der Waals surface area contributed by atoms with Crippen LogP contribution < -0.4 is 15.4 Å². The fraction of sp³-hybridized carbons (Fsp3) is 0.280. The summed E-state index contributed by atoms with van der Waals surface area (Å²) >= 11 is 0. The highest BCUT2D eigenvalue weighted by molar-refractivity contribution is 5.98. The third-order valence-corrected chi connectivity index (χ3v) is 5.20. The number of hydrogen-bond acceptors (Lipinski definition) is 3. The second-order valence-corrected chi connectivity index (χ2v) is 7.78. The zero-order chi connectivity index (χ0) is 21.7. The van der Waals surface area contributed by atoms with E-state index in [4.69, 9.17) is 4.74 Å². The van der Waals surface area contributed by atoms with Gasteiger partial charge in [0, 0.05) is 12.1 Å². The summed E-state index contributed by atoms with van der Waals surface area (Å²) in [4.78, 5) is 25.5. The molecule has 3 aromatic carbocycles. The van der Waals surface area contributed by atoms with Crippen molar-refractivity contribution in [1.29, 1.82) is 0 Å². The molecule has 0 heterocycles. The molecule has 0 spiro atoms. The number of ether oxygens (including phenoxy) is 1. The Hall–Kier alpha value is -3.34. The zero-order valence-electron chi connectivity index (χ0n) is 17.9. The van der Waals surface area contributed by atoms with E-state index in [9.17, 15) is 9.59 Å². The Balaban J connectivity index is 1.67. The standard InChI is InChI=1S/C25H28N2O3/c1-16(2)23(27-24(28)22-8-6-5-7-17(22)3)25(29)26-15-18-9-10-20-14-21(30-4)12-11-19(20)13-18/h5-14,16,23H,15H2,1-4H3,(H,26,29)(H,27,28)/t23-/m1/s1. The minimum atomic E-state index is -0.609. The molecule has 0 aliphatic carbocycles. The molecule has 156 valence electrons. The second-order valence-electron chi connectivity index (χ2n) is 7.78. The van der Waals surface area contributed by atoms with Gasteiger partial charge in [0.15, 0.2) is 0 Å². The molecule has 0 fully saturated rings. The molecule has 0 aliphatic heterocycles. The molecule has 3 aromatic rings. The Labute approximate surface area is 177 Å². The smallest absolute Gasteiger partial charge is 0.252 e. The molecule has 2 N–H and O–H groups in total. The number of fused-ring (bicyclic) bond motifs is 1. The Morgan fingerprint density at radius 1 is 0.967 bits per heavy atom. The molecule has 0 saturated heterocycles. The van der Waals surface area contributed by atoms with Crippen LogP contribution in [0.3, 0.4) is 0 Å². The van der Waals surface area contributed by atoms with Crippen molar-refractivity contribution in [3.8, 4) is 5.75 Å². The molecule has 3 rings (SSSR count). The summed E-state index contributed by atoms with van der Waals surface area (Å²) < 4.78 is 5.26. The van der Waals surface area contributed by atoms with Crippen molar-refractivity contribution in [3.63, 3.8) is 0 Å². The average Bonchev–Trinajstić information content (AvgIpc) is 2.75. The highest BCUT2D eigenvalue weighted by Crippen LogP contribution is 2.22. The van der Waals surface area contributed by atoms with Crippen molar-refractivity contribution >= 4 is 22.6 Å². The molecule has 0 bridgehead atoms. The number of hydrogen-bond donors (Lipinski definition) is 2. The molecular weight excluding hydrogens is 376 g/mol. The molecule has 0 aliphatic rings. The van der Waals surface area contributed by atoms with Crippen LogP contribution in [-0.2, 0) is 11.3 Å².